The van der Waals surface area contributed by atoms with Gasteiger partial charge in [-0.15, -0.1) is 11.3 Å². The van der Waals surface area contributed by atoms with E-state index < -0.39 is 0 Å². The normalized spacial score (nSPS) is 12.7. The van der Waals surface area contributed by atoms with E-state index in [0.717, 1.165) is 9.35 Å². The Morgan fingerprint density at radius 1 is 1.32 bits per heavy atom. The van der Waals surface area contributed by atoms with Gasteiger partial charge in [-0.2, -0.15) is 0 Å². The summed E-state index contributed by atoms with van der Waals surface area (Å²) in [6.07, 6.45) is 0. The van der Waals surface area contributed by atoms with Gasteiger partial charge in [-0.3, -0.25) is 0 Å². The van der Waals surface area contributed by atoms with Crippen LogP contribution in [0.4, 0.5) is 8.78 Å². The number of rotatable bonds is 4. The third-order valence-corrected chi connectivity index (χ3v) is 4.93. The number of hydrogen-bond donors (Lipinski definition) is 1. The van der Waals surface area contributed by atoms with Gasteiger partial charge in [0.15, 0.2) is 0 Å². The minimum atomic E-state index is -0.373. The highest BCUT2D eigenvalue weighted by atomic mass is 79.9. The van der Waals surface area contributed by atoms with Crippen LogP contribution in [-0.4, -0.2) is 0 Å². The number of aryl methyl sites for hydroxylation is 1. The van der Waals surface area contributed by atoms with Crippen LogP contribution >= 0.6 is 27.3 Å². The molecule has 102 valence electrons. The highest BCUT2D eigenvalue weighted by molar-refractivity contribution is 9.10. The van der Waals surface area contributed by atoms with Crippen LogP contribution in [0.2, 0.25) is 0 Å². The van der Waals surface area contributed by atoms with Gasteiger partial charge in [0.2, 0.25) is 0 Å². The zero-order valence-electron chi connectivity index (χ0n) is 10.6. The number of halogens is 3. The Balaban J connectivity index is 2.10. The van der Waals surface area contributed by atoms with Gasteiger partial charge >= 0.3 is 0 Å². The fourth-order valence-corrected chi connectivity index (χ4v) is 3.24. The predicted octanol–water partition coefficient (Wildman–Crippen LogP) is 4.95. The summed E-state index contributed by atoms with van der Waals surface area (Å²) < 4.78 is 28.3. The number of benzene rings is 1. The second kappa shape index (κ2) is 6.11. The maximum Gasteiger partial charge on any atom is 0.128 e. The molecule has 0 saturated heterocycles. The molecular formula is C14H14BrF2NS. The molecule has 1 N–H and O–H groups in total. The third-order valence-electron chi connectivity index (χ3n) is 3.00. The largest absolute Gasteiger partial charge is 0.305 e. The second-order valence-corrected chi connectivity index (χ2v) is 6.27. The zero-order valence-corrected chi connectivity index (χ0v) is 13.0. The summed E-state index contributed by atoms with van der Waals surface area (Å²) in [5.41, 5.74) is 0.685. The molecule has 0 saturated carbocycles. The van der Waals surface area contributed by atoms with Crippen molar-refractivity contribution in [3.8, 4) is 0 Å². The number of nitrogens with one attached hydrogen (secondary N) is 1. The van der Waals surface area contributed by atoms with E-state index in [0.29, 0.717) is 17.7 Å². The van der Waals surface area contributed by atoms with Gasteiger partial charge in [-0.25, -0.2) is 8.78 Å². The summed E-state index contributed by atoms with van der Waals surface area (Å²) in [4.78, 5) is 1.14. The van der Waals surface area contributed by atoms with Crippen molar-refractivity contribution in [1.82, 2.24) is 5.32 Å². The van der Waals surface area contributed by atoms with Crippen molar-refractivity contribution in [1.29, 1.82) is 0 Å². The highest BCUT2D eigenvalue weighted by Gasteiger charge is 2.14. The average molecular weight is 346 g/mol. The van der Waals surface area contributed by atoms with Crippen LogP contribution in [-0.2, 0) is 6.54 Å². The maximum atomic E-state index is 13.8. The molecule has 0 bridgehead atoms. The summed E-state index contributed by atoms with van der Waals surface area (Å²) in [7, 11) is 0. The predicted molar refractivity (Wildman–Crippen MR) is 78.4 cm³/mol. The molecular weight excluding hydrogens is 332 g/mol. The molecule has 1 nitrogen and oxygen atoms in total. The van der Waals surface area contributed by atoms with Crippen LogP contribution in [0.25, 0.3) is 0 Å². The lowest BCUT2D eigenvalue weighted by Crippen LogP contribution is -2.19. The van der Waals surface area contributed by atoms with Crippen LogP contribution in [0, 0.1) is 18.6 Å². The molecule has 0 aliphatic carbocycles. The maximum absolute atomic E-state index is 13.8. The van der Waals surface area contributed by atoms with Gasteiger partial charge in [-0.05, 0) is 58.9 Å². The smallest absolute Gasteiger partial charge is 0.128 e. The lowest BCUT2D eigenvalue weighted by Gasteiger charge is -2.15. The first-order valence-corrected chi connectivity index (χ1v) is 7.57. The summed E-state index contributed by atoms with van der Waals surface area (Å²) in [5, 5.41) is 5.19. The molecule has 2 aromatic rings. The first-order chi connectivity index (χ1) is 8.99. The molecule has 19 heavy (non-hydrogen) atoms. The van der Waals surface area contributed by atoms with E-state index in [1.807, 2.05) is 18.4 Å². The standard InChI is InChI=1S/C14H14BrF2NS/c1-8-5-13(17)10(6-12(8)16)9(2)18-7-14-11(15)3-4-19-14/h3-6,9,18H,7H2,1-2H3. The van der Waals surface area contributed by atoms with E-state index in [2.05, 4.69) is 21.2 Å². The topological polar surface area (TPSA) is 12.0 Å². The first kappa shape index (κ1) is 14.6. The van der Waals surface area contributed by atoms with E-state index in [1.54, 1.807) is 18.3 Å². The van der Waals surface area contributed by atoms with Gasteiger partial charge in [-0.1, -0.05) is 0 Å². The number of thiophene rings is 1. The van der Waals surface area contributed by atoms with Crippen LogP contribution in [0.15, 0.2) is 28.1 Å². The molecule has 0 fully saturated rings. The van der Waals surface area contributed by atoms with Crippen molar-refractivity contribution >= 4 is 27.3 Å². The van der Waals surface area contributed by atoms with Gasteiger partial charge in [0.25, 0.3) is 0 Å². The van der Waals surface area contributed by atoms with E-state index in [4.69, 9.17) is 0 Å². The van der Waals surface area contributed by atoms with E-state index in [1.165, 1.54) is 12.1 Å². The lowest BCUT2D eigenvalue weighted by molar-refractivity contribution is 0.518. The lowest BCUT2D eigenvalue weighted by atomic mass is 10.1. The number of hydrogen-bond acceptors (Lipinski definition) is 2. The molecule has 1 atom stereocenters. The van der Waals surface area contributed by atoms with Crippen LogP contribution in [0.1, 0.15) is 29.0 Å². The van der Waals surface area contributed by atoms with Crippen LogP contribution < -0.4 is 5.32 Å². The van der Waals surface area contributed by atoms with E-state index in [9.17, 15) is 8.78 Å². The van der Waals surface area contributed by atoms with E-state index >= 15 is 0 Å². The fraction of sp³-hybridized carbons (Fsp3) is 0.286. The molecule has 1 heterocycles. The van der Waals surface area contributed by atoms with Gasteiger partial charge < -0.3 is 5.32 Å². The summed E-state index contributed by atoms with van der Waals surface area (Å²) >= 11 is 5.06. The van der Waals surface area contributed by atoms with Crippen molar-refractivity contribution in [3.63, 3.8) is 0 Å². The quantitative estimate of drug-likeness (QED) is 0.826. The monoisotopic (exact) mass is 345 g/mol. The molecule has 0 radical (unpaired) electrons. The molecule has 2 rings (SSSR count). The highest BCUT2D eigenvalue weighted by Crippen LogP contribution is 2.25. The minimum Gasteiger partial charge on any atom is -0.305 e. The van der Waals surface area contributed by atoms with Gasteiger partial charge in [0.1, 0.15) is 11.6 Å². The van der Waals surface area contributed by atoms with Crippen molar-refractivity contribution in [2.45, 2.75) is 26.4 Å². The Hall–Kier alpha value is -0.780. The first-order valence-electron chi connectivity index (χ1n) is 5.90. The Kier molecular flexibility index (Phi) is 4.71. The van der Waals surface area contributed by atoms with Crippen LogP contribution in [0.3, 0.4) is 0 Å². The Morgan fingerprint density at radius 2 is 2.05 bits per heavy atom. The Morgan fingerprint density at radius 3 is 2.68 bits per heavy atom. The molecule has 0 spiro atoms. The second-order valence-electron chi connectivity index (χ2n) is 4.42. The Labute approximate surface area is 123 Å². The molecule has 5 heteroatoms. The van der Waals surface area contributed by atoms with Crippen molar-refractivity contribution in [2.24, 2.45) is 0 Å². The molecule has 0 aliphatic heterocycles. The molecule has 1 aromatic heterocycles. The summed E-state index contributed by atoms with van der Waals surface area (Å²) in [5.74, 6) is -0.744. The average Bonchev–Trinajstić information content (AvgIpc) is 2.76. The summed E-state index contributed by atoms with van der Waals surface area (Å²) in [6, 6.07) is 4.23. The third kappa shape index (κ3) is 3.41. The van der Waals surface area contributed by atoms with Gasteiger partial charge in [0.05, 0.1) is 0 Å². The van der Waals surface area contributed by atoms with E-state index in [-0.39, 0.29) is 17.7 Å². The molecule has 0 aliphatic rings. The summed E-state index contributed by atoms with van der Waals surface area (Å²) in [6.45, 7) is 4.01. The Bertz CT molecular complexity index is 583. The molecule has 0 amide bonds. The zero-order chi connectivity index (χ0) is 14.0. The SMILES string of the molecule is Cc1cc(F)c(C(C)NCc2sccc2Br)cc1F. The van der Waals surface area contributed by atoms with Crippen LogP contribution in [0.5, 0.6) is 0 Å². The minimum absolute atomic E-state index is 0.246. The van der Waals surface area contributed by atoms with Crippen molar-refractivity contribution in [3.05, 3.63) is 55.7 Å². The fourth-order valence-electron chi connectivity index (χ4n) is 1.80. The van der Waals surface area contributed by atoms with Gasteiger partial charge in [0, 0.05) is 27.5 Å². The molecule has 1 aromatic carbocycles. The molecule has 1 unspecified atom stereocenters. The van der Waals surface area contributed by atoms with Crippen molar-refractivity contribution in [2.75, 3.05) is 0 Å². The van der Waals surface area contributed by atoms with Crippen molar-refractivity contribution < 1.29 is 8.78 Å².